The van der Waals surface area contributed by atoms with E-state index in [0.29, 0.717) is 18.6 Å². The Bertz CT molecular complexity index is 342. The van der Waals surface area contributed by atoms with Gasteiger partial charge in [0.15, 0.2) is 0 Å². The van der Waals surface area contributed by atoms with Gasteiger partial charge in [-0.1, -0.05) is 37.3 Å². The normalized spacial score (nSPS) is 25.2. The number of halogens is 1. The van der Waals surface area contributed by atoms with Gasteiger partial charge in [0.05, 0.1) is 0 Å². The summed E-state index contributed by atoms with van der Waals surface area (Å²) in [5.74, 6) is 0. The summed E-state index contributed by atoms with van der Waals surface area (Å²) < 4.78 is 12.7. The van der Waals surface area contributed by atoms with E-state index in [1.165, 1.54) is 5.56 Å². The SMILES string of the molecule is CCC1CN(CCF)C(Cc2ccccc2)CN1. The molecule has 100 valence electrons. The average Bonchev–Trinajstić information content (AvgIpc) is 2.42. The maximum atomic E-state index is 12.7. The van der Waals surface area contributed by atoms with Crippen molar-refractivity contribution in [3.63, 3.8) is 0 Å². The second kappa shape index (κ2) is 6.86. The first-order valence-corrected chi connectivity index (χ1v) is 6.90. The Morgan fingerprint density at radius 1 is 1.33 bits per heavy atom. The highest BCUT2D eigenvalue weighted by Crippen LogP contribution is 2.14. The molecule has 0 spiro atoms. The summed E-state index contributed by atoms with van der Waals surface area (Å²) in [6.45, 7) is 4.44. The van der Waals surface area contributed by atoms with Crippen LogP contribution in [0, 0.1) is 0 Å². The van der Waals surface area contributed by atoms with E-state index in [4.69, 9.17) is 0 Å². The van der Waals surface area contributed by atoms with E-state index in [2.05, 4.69) is 41.4 Å². The summed E-state index contributed by atoms with van der Waals surface area (Å²) in [5.41, 5.74) is 1.34. The van der Waals surface area contributed by atoms with Gasteiger partial charge < -0.3 is 5.32 Å². The van der Waals surface area contributed by atoms with Crippen molar-refractivity contribution in [1.82, 2.24) is 10.2 Å². The standard InChI is InChI=1S/C15H23FN2/c1-2-14-12-18(9-8-16)15(11-17-14)10-13-6-4-3-5-7-13/h3-7,14-15,17H,2,8-12H2,1H3. The topological polar surface area (TPSA) is 15.3 Å². The molecular formula is C15H23FN2. The van der Waals surface area contributed by atoms with Gasteiger partial charge in [-0.2, -0.15) is 0 Å². The van der Waals surface area contributed by atoms with E-state index in [9.17, 15) is 4.39 Å². The van der Waals surface area contributed by atoms with Crippen LogP contribution in [0.5, 0.6) is 0 Å². The molecule has 0 saturated carbocycles. The molecule has 0 aromatic heterocycles. The van der Waals surface area contributed by atoms with E-state index in [-0.39, 0.29) is 6.67 Å². The molecule has 1 aliphatic rings. The van der Waals surface area contributed by atoms with Gasteiger partial charge in [0.25, 0.3) is 0 Å². The third-order valence-electron chi connectivity index (χ3n) is 3.79. The van der Waals surface area contributed by atoms with Gasteiger partial charge >= 0.3 is 0 Å². The first-order valence-electron chi connectivity index (χ1n) is 6.90. The van der Waals surface area contributed by atoms with Gasteiger partial charge in [-0.3, -0.25) is 4.90 Å². The number of alkyl halides is 1. The third kappa shape index (κ3) is 3.53. The predicted octanol–water partition coefficient (Wildman–Crippen LogP) is 2.25. The molecule has 2 unspecified atom stereocenters. The van der Waals surface area contributed by atoms with Gasteiger partial charge in [-0.25, -0.2) is 4.39 Å². The highest BCUT2D eigenvalue weighted by Gasteiger charge is 2.26. The van der Waals surface area contributed by atoms with Crippen LogP contribution in [0.15, 0.2) is 30.3 Å². The van der Waals surface area contributed by atoms with Crippen LogP contribution in [-0.4, -0.2) is 43.3 Å². The Balaban J connectivity index is 1.97. The van der Waals surface area contributed by atoms with E-state index in [1.54, 1.807) is 0 Å². The number of hydrogen-bond acceptors (Lipinski definition) is 2. The van der Waals surface area contributed by atoms with E-state index in [1.807, 2.05) is 6.07 Å². The van der Waals surface area contributed by atoms with Gasteiger partial charge in [0, 0.05) is 31.7 Å². The largest absolute Gasteiger partial charge is 0.311 e. The van der Waals surface area contributed by atoms with Crippen molar-refractivity contribution in [1.29, 1.82) is 0 Å². The highest BCUT2D eigenvalue weighted by atomic mass is 19.1. The summed E-state index contributed by atoms with van der Waals surface area (Å²) in [4.78, 5) is 2.30. The lowest BCUT2D eigenvalue weighted by Gasteiger charge is -2.40. The van der Waals surface area contributed by atoms with E-state index in [0.717, 1.165) is 25.9 Å². The number of benzene rings is 1. The monoisotopic (exact) mass is 250 g/mol. The lowest BCUT2D eigenvalue weighted by atomic mass is 10.0. The van der Waals surface area contributed by atoms with Crippen molar-refractivity contribution < 1.29 is 4.39 Å². The molecule has 0 amide bonds. The Morgan fingerprint density at radius 2 is 2.11 bits per heavy atom. The number of nitrogens with one attached hydrogen (secondary N) is 1. The molecule has 1 N–H and O–H groups in total. The maximum Gasteiger partial charge on any atom is 0.102 e. The third-order valence-corrected chi connectivity index (χ3v) is 3.79. The zero-order valence-electron chi connectivity index (χ0n) is 11.1. The van der Waals surface area contributed by atoms with Crippen LogP contribution in [0.2, 0.25) is 0 Å². The summed E-state index contributed by atoms with van der Waals surface area (Å²) in [7, 11) is 0. The number of hydrogen-bond donors (Lipinski definition) is 1. The molecule has 2 nitrogen and oxygen atoms in total. The van der Waals surface area contributed by atoms with Crippen molar-refractivity contribution in [2.45, 2.75) is 31.8 Å². The first-order chi connectivity index (χ1) is 8.83. The number of nitrogens with zero attached hydrogens (tertiary/aromatic N) is 1. The van der Waals surface area contributed by atoms with Crippen LogP contribution in [0.1, 0.15) is 18.9 Å². The summed E-state index contributed by atoms with van der Waals surface area (Å²) in [6, 6.07) is 11.4. The molecule has 1 aliphatic heterocycles. The number of piperazine rings is 1. The van der Waals surface area contributed by atoms with Crippen LogP contribution in [-0.2, 0) is 6.42 Å². The van der Waals surface area contributed by atoms with Crippen molar-refractivity contribution in [3.05, 3.63) is 35.9 Å². The summed E-state index contributed by atoms with van der Waals surface area (Å²) in [6.07, 6.45) is 2.12. The Labute approximate surface area is 109 Å². The average molecular weight is 250 g/mol. The van der Waals surface area contributed by atoms with Gasteiger partial charge in [-0.15, -0.1) is 0 Å². The molecule has 1 aromatic rings. The van der Waals surface area contributed by atoms with Gasteiger partial charge in [0.1, 0.15) is 6.67 Å². The Morgan fingerprint density at radius 3 is 2.78 bits per heavy atom. The quantitative estimate of drug-likeness (QED) is 0.862. The lowest BCUT2D eigenvalue weighted by molar-refractivity contribution is 0.119. The summed E-state index contributed by atoms with van der Waals surface area (Å²) >= 11 is 0. The van der Waals surface area contributed by atoms with Gasteiger partial charge in [-0.05, 0) is 18.4 Å². The molecule has 0 bridgehead atoms. The Hall–Kier alpha value is -0.930. The second-order valence-corrected chi connectivity index (χ2v) is 5.04. The van der Waals surface area contributed by atoms with Crippen molar-refractivity contribution in [2.75, 3.05) is 26.3 Å². The van der Waals surface area contributed by atoms with E-state index < -0.39 is 0 Å². The smallest absolute Gasteiger partial charge is 0.102 e. The molecule has 2 atom stereocenters. The fraction of sp³-hybridized carbons (Fsp3) is 0.600. The van der Waals surface area contributed by atoms with Crippen LogP contribution in [0.25, 0.3) is 0 Å². The highest BCUT2D eigenvalue weighted by molar-refractivity contribution is 5.16. The molecule has 1 aromatic carbocycles. The van der Waals surface area contributed by atoms with E-state index >= 15 is 0 Å². The second-order valence-electron chi connectivity index (χ2n) is 5.04. The zero-order chi connectivity index (χ0) is 12.8. The molecule has 3 heteroatoms. The minimum atomic E-state index is -0.248. The van der Waals surface area contributed by atoms with Crippen molar-refractivity contribution >= 4 is 0 Å². The molecule has 18 heavy (non-hydrogen) atoms. The van der Waals surface area contributed by atoms with Crippen LogP contribution in [0.4, 0.5) is 4.39 Å². The molecule has 1 heterocycles. The molecule has 1 fully saturated rings. The van der Waals surface area contributed by atoms with Crippen molar-refractivity contribution in [2.24, 2.45) is 0 Å². The van der Waals surface area contributed by atoms with Crippen LogP contribution in [0.3, 0.4) is 0 Å². The van der Waals surface area contributed by atoms with Crippen molar-refractivity contribution in [3.8, 4) is 0 Å². The molecule has 0 radical (unpaired) electrons. The first kappa shape index (κ1) is 13.5. The Kier molecular flexibility index (Phi) is 5.14. The van der Waals surface area contributed by atoms with Crippen LogP contribution < -0.4 is 5.32 Å². The fourth-order valence-corrected chi connectivity index (χ4v) is 2.67. The minimum absolute atomic E-state index is 0.248. The fourth-order valence-electron chi connectivity index (χ4n) is 2.67. The zero-order valence-corrected chi connectivity index (χ0v) is 11.1. The molecule has 1 saturated heterocycles. The molecular weight excluding hydrogens is 227 g/mol. The molecule has 2 rings (SSSR count). The lowest BCUT2D eigenvalue weighted by Crippen LogP contribution is -2.57. The predicted molar refractivity (Wildman–Crippen MR) is 73.6 cm³/mol. The van der Waals surface area contributed by atoms with Crippen LogP contribution >= 0.6 is 0 Å². The molecule has 0 aliphatic carbocycles. The number of rotatable bonds is 5. The summed E-state index contributed by atoms with van der Waals surface area (Å²) in [5, 5.41) is 3.56. The maximum absolute atomic E-state index is 12.7. The van der Waals surface area contributed by atoms with Gasteiger partial charge in [0.2, 0.25) is 0 Å². The minimum Gasteiger partial charge on any atom is -0.311 e.